The van der Waals surface area contributed by atoms with Crippen LogP contribution in [0.15, 0.2) is 49.3 Å². The number of imidazole rings is 3. The molecule has 0 radical (unpaired) electrons. The van der Waals surface area contributed by atoms with Crippen molar-refractivity contribution in [1.29, 1.82) is 0 Å². The van der Waals surface area contributed by atoms with Gasteiger partial charge in [0.1, 0.15) is 36.4 Å². The Morgan fingerprint density at radius 1 is 0.485 bits per heavy atom. The summed E-state index contributed by atoms with van der Waals surface area (Å²) in [6.45, 7) is 36.3. The van der Waals surface area contributed by atoms with Crippen LogP contribution in [0.2, 0.25) is 0 Å². The highest BCUT2D eigenvalue weighted by Crippen LogP contribution is 2.31. The first kappa shape index (κ1) is 80.4. The number of morpholine rings is 1. The van der Waals surface area contributed by atoms with Crippen molar-refractivity contribution in [3.63, 3.8) is 0 Å². The lowest BCUT2D eigenvalue weighted by Gasteiger charge is -2.30. The fraction of sp³-hybridized carbons (Fsp3) is 0.614. The normalized spacial score (nSPS) is 12.4. The molecule has 7 aromatic rings. The van der Waals surface area contributed by atoms with Gasteiger partial charge in [-0.05, 0) is 128 Å². The molecular formula is C70H106N18O13. The van der Waals surface area contributed by atoms with E-state index in [1.165, 1.54) is 27.4 Å². The second-order valence-electron chi connectivity index (χ2n) is 27.0. The third kappa shape index (κ3) is 24.9. The van der Waals surface area contributed by atoms with Crippen molar-refractivity contribution < 1.29 is 61.9 Å². The molecule has 0 saturated carbocycles. The summed E-state index contributed by atoms with van der Waals surface area (Å²) in [5.41, 5.74) is 1.66. The molecule has 1 saturated heterocycles. The summed E-state index contributed by atoms with van der Waals surface area (Å²) >= 11 is 0. The number of fused-ring (bicyclic) bond motifs is 3. The zero-order chi connectivity index (χ0) is 74.0. The highest BCUT2D eigenvalue weighted by atomic mass is 16.6. The van der Waals surface area contributed by atoms with Crippen LogP contribution in [0.4, 0.5) is 55.4 Å². The van der Waals surface area contributed by atoms with Crippen molar-refractivity contribution in [1.82, 2.24) is 58.6 Å². The summed E-state index contributed by atoms with van der Waals surface area (Å²) in [4.78, 5) is 124. The maximum absolute atomic E-state index is 13.2. The van der Waals surface area contributed by atoms with Crippen LogP contribution >= 0.6 is 0 Å². The average Bonchev–Trinajstić information content (AvgIpc) is 1.69. The monoisotopic (exact) mass is 1410 g/mol. The number of hydrogen-bond acceptors (Lipinski definition) is 25. The molecule has 101 heavy (non-hydrogen) atoms. The molecule has 0 atom stereocenters. The van der Waals surface area contributed by atoms with E-state index in [1.807, 2.05) is 106 Å². The summed E-state index contributed by atoms with van der Waals surface area (Å²) in [5, 5.41) is 6.53. The molecule has 0 spiro atoms. The minimum absolute atomic E-state index is 0.0361. The van der Waals surface area contributed by atoms with Gasteiger partial charge >= 0.3 is 36.2 Å². The van der Waals surface area contributed by atoms with Gasteiger partial charge in [0, 0.05) is 44.5 Å². The van der Waals surface area contributed by atoms with E-state index < -0.39 is 47.0 Å². The van der Waals surface area contributed by atoms with E-state index in [0.717, 1.165) is 63.5 Å². The molecule has 554 valence electrons. The number of ether oxygens (including phenoxy) is 7. The number of nitrogens with zero attached hydrogens (tertiary/aromatic N) is 16. The number of para-hydroxylation sites is 1. The largest absolute Gasteiger partial charge is 0.465 e. The van der Waals surface area contributed by atoms with Gasteiger partial charge in [-0.2, -0.15) is 29.9 Å². The zero-order valence-corrected chi connectivity index (χ0v) is 62.2. The van der Waals surface area contributed by atoms with Crippen molar-refractivity contribution >= 4 is 111 Å². The lowest BCUT2D eigenvalue weighted by atomic mass is 10.2. The number of esters is 3. The molecule has 31 heteroatoms. The molecule has 2 N–H and O–H groups in total. The van der Waals surface area contributed by atoms with Crippen molar-refractivity contribution in [2.75, 3.05) is 96.0 Å². The second kappa shape index (κ2) is 38.3. The molecule has 1 aliphatic rings. The molecule has 0 aliphatic carbocycles. The van der Waals surface area contributed by atoms with Gasteiger partial charge < -0.3 is 62.4 Å². The van der Waals surface area contributed by atoms with Gasteiger partial charge in [-0.3, -0.25) is 14.4 Å². The Balaban J connectivity index is 0.000000239. The zero-order valence-electron chi connectivity index (χ0n) is 62.2. The molecule has 3 amide bonds. The molecular weight excluding hydrogens is 1300 g/mol. The number of aromatic nitrogens is 12. The van der Waals surface area contributed by atoms with Gasteiger partial charge in [-0.15, -0.1) is 0 Å². The van der Waals surface area contributed by atoms with Crippen LogP contribution in [0.25, 0.3) is 33.5 Å². The highest BCUT2D eigenvalue weighted by Gasteiger charge is 2.32. The van der Waals surface area contributed by atoms with E-state index in [1.54, 1.807) is 40.8 Å². The fourth-order valence-electron chi connectivity index (χ4n) is 9.97. The first-order valence-electron chi connectivity index (χ1n) is 35.1. The number of unbranched alkanes of at least 4 members (excludes halogenated alkanes) is 6. The van der Waals surface area contributed by atoms with E-state index in [0.29, 0.717) is 96.9 Å². The SMILES string of the molecule is CCCCCN(C(=O)OC(C)(C)C)c1nc(N2CCOCC2)c2ncn(CC(=O)OCC)c2n1.CCCCCN(C(=O)OC(C)(C)C)c1nc(NC(C)C)c2ncn(CC(=O)OCC)c2n1.CCCCCN(C(=O)OC(C)(C)C)c1nc(Nc2ccccc2)c2ncn(CC(=O)OCC)c2n1. The molecule has 1 aromatic carbocycles. The highest BCUT2D eigenvalue weighted by molar-refractivity contribution is 5.93. The summed E-state index contributed by atoms with van der Waals surface area (Å²) in [5.74, 6) is 0.938. The molecule has 6 aromatic heterocycles. The Kier molecular flexibility index (Phi) is 30.5. The lowest BCUT2D eigenvalue weighted by Crippen LogP contribution is -2.40. The number of benzene rings is 1. The summed E-state index contributed by atoms with van der Waals surface area (Å²) in [6.07, 6.45) is 11.2. The standard InChI is InChI=1S/C25H34N6O4.C23H36N6O5.C22H36N6O4/c1-6-8-12-15-31(24(33)35-25(3,4)5)23-28-21(27-18-13-10-9-11-14-18)20-22(29-23)30(17-26-20)16-19(32)34-7-2;1-6-8-9-10-29(22(31)34-23(3,4)5)21-25-19(27-11-13-32-14-12-27)18-20(26-21)28(16-24-18)15-17(30)33-7-2;1-8-10-11-12-28(21(30)32-22(5,6)7)20-25-18(24-15(3)4)17-19(26-20)27(14-23-17)13-16(29)31-9-2/h9-11,13-14,17H,6-8,12,15-16H2,1-5H3,(H,27,28,29);16H,6-15H2,1-5H3;14-15H,8-13H2,1-7H3,(H,24,25,26). The van der Waals surface area contributed by atoms with E-state index in [9.17, 15) is 28.8 Å². The summed E-state index contributed by atoms with van der Waals surface area (Å²) in [6, 6.07) is 9.59. The third-order valence-electron chi connectivity index (χ3n) is 14.4. The number of carbonyl (C=O) groups excluding carboxylic acids is 6. The Morgan fingerprint density at radius 3 is 1.21 bits per heavy atom. The Morgan fingerprint density at radius 2 is 0.842 bits per heavy atom. The number of nitrogens with one attached hydrogen (secondary N) is 2. The predicted molar refractivity (Wildman–Crippen MR) is 387 cm³/mol. The first-order chi connectivity index (χ1) is 48.0. The number of rotatable bonds is 29. The van der Waals surface area contributed by atoms with Crippen LogP contribution in [-0.2, 0) is 67.2 Å². The number of carbonyl (C=O) groups is 6. The molecule has 1 aliphatic heterocycles. The Bertz CT molecular complexity index is 3810. The predicted octanol–water partition coefficient (Wildman–Crippen LogP) is 12.4. The minimum Gasteiger partial charge on any atom is -0.465 e. The van der Waals surface area contributed by atoms with Crippen molar-refractivity contribution in [3.05, 3.63) is 49.3 Å². The van der Waals surface area contributed by atoms with Gasteiger partial charge in [0.2, 0.25) is 17.8 Å². The molecule has 1 fully saturated rings. The average molecular weight is 1410 g/mol. The van der Waals surface area contributed by atoms with Gasteiger partial charge in [0.05, 0.1) is 52.0 Å². The fourth-order valence-corrected chi connectivity index (χ4v) is 9.97. The minimum atomic E-state index is -0.680. The molecule has 7 heterocycles. The van der Waals surface area contributed by atoms with Crippen LogP contribution in [0.3, 0.4) is 0 Å². The van der Waals surface area contributed by atoms with Crippen LogP contribution in [0.5, 0.6) is 0 Å². The van der Waals surface area contributed by atoms with E-state index >= 15 is 0 Å². The summed E-state index contributed by atoms with van der Waals surface area (Å²) in [7, 11) is 0. The van der Waals surface area contributed by atoms with E-state index in [-0.39, 0.29) is 69.3 Å². The third-order valence-corrected chi connectivity index (χ3v) is 14.4. The maximum atomic E-state index is 13.2. The molecule has 0 unspecified atom stereocenters. The van der Waals surface area contributed by atoms with Crippen LogP contribution < -0.4 is 30.2 Å². The van der Waals surface area contributed by atoms with E-state index in [4.69, 9.17) is 38.1 Å². The van der Waals surface area contributed by atoms with E-state index in [2.05, 4.69) is 76.2 Å². The maximum Gasteiger partial charge on any atom is 0.417 e. The van der Waals surface area contributed by atoms with Gasteiger partial charge in [0.15, 0.2) is 50.9 Å². The molecule has 0 bridgehead atoms. The lowest BCUT2D eigenvalue weighted by molar-refractivity contribution is -0.144. The number of anilines is 7. The van der Waals surface area contributed by atoms with Gasteiger partial charge in [0.25, 0.3) is 0 Å². The smallest absolute Gasteiger partial charge is 0.417 e. The molecule has 8 rings (SSSR count). The van der Waals surface area contributed by atoms with Gasteiger partial charge in [-0.1, -0.05) is 77.5 Å². The first-order valence-corrected chi connectivity index (χ1v) is 35.1. The van der Waals surface area contributed by atoms with Crippen LogP contribution in [0.1, 0.15) is 175 Å². The second-order valence-corrected chi connectivity index (χ2v) is 27.0. The van der Waals surface area contributed by atoms with Crippen LogP contribution in [0, 0.1) is 0 Å². The van der Waals surface area contributed by atoms with Crippen LogP contribution in [-0.4, -0.2) is 183 Å². The summed E-state index contributed by atoms with van der Waals surface area (Å²) < 4.78 is 42.5. The number of hydrogen-bond donors (Lipinski definition) is 2. The van der Waals surface area contributed by atoms with Crippen molar-refractivity contribution in [2.24, 2.45) is 0 Å². The molecule has 31 nitrogen and oxygen atoms in total. The Hall–Kier alpha value is -9.55. The van der Waals surface area contributed by atoms with Gasteiger partial charge in [-0.25, -0.2) is 44.0 Å². The van der Waals surface area contributed by atoms with Crippen molar-refractivity contribution in [3.8, 4) is 0 Å². The quantitative estimate of drug-likeness (QED) is 0.0250. The topological polar surface area (TPSA) is 335 Å². The van der Waals surface area contributed by atoms with Crippen molar-refractivity contribution in [2.45, 2.75) is 218 Å². The Labute approximate surface area is 592 Å². The number of amides is 3.